The van der Waals surface area contributed by atoms with Crippen molar-refractivity contribution < 1.29 is 17.2 Å². The summed E-state index contributed by atoms with van der Waals surface area (Å²) in [6, 6.07) is 14.1. The van der Waals surface area contributed by atoms with Crippen LogP contribution in [0.5, 0.6) is 0 Å². The third-order valence-corrected chi connectivity index (χ3v) is 7.10. The number of benzene rings is 3. The van der Waals surface area contributed by atoms with Crippen molar-refractivity contribution in [2.75, 3.05) is 4.72 Å². The van der Waals surface area contributed by atoms with Crippen LogP contribution in [0.3, 0.4) is 0 Å². The summed E-state index contributed by atoms with van der Waals surface area (Å²) < 4.78 is 55.9. The SMILES string of the molecule is O=c1sc2cc(S(=O)(=O)Nc3ccc(F)c(F)c3)ccc2n1Cc1ccccc1Cl. The van der Waals surface area contributed by atoms with E-state index in [2.05, 4.69) is 4.72 Å². The van der Waals surface area contributed by atoms with E-state index in [1.54, 1.807) is 12.1 Å². The summed E-state index contributed by atoms with van der Waals surface area (Å²) in [5.41, 5.74) is 1.22. The van der Waals surface area contributed by atoms with Gasteiger partial charge >= 0.3 is 4.87 Å². The second-order valence-corrected chi connectivity index (χ2v) is 9.49. The van der Waals surface area contributed by atoms with Crippen molar-refractivity contribution in [2.45, 2.75) is 11.4 Å². The molecule has 0 radical (unpaired) electrons. The molecule has 4 rings (SSSR count). The molecule has 0 aliphatic carbocycles. The smallest absolute Gasteiger partial charge is 0.294 e. The van der Waals surface area contributed by atoms with Gasteiger partial charge in [-0.05, 0) is 42.0 Å². The minimum absolute atomic E-state index is 0.106. The Bertz CT molecular complexity index is 1430. The number of hydrogen-bond donors (Lipinski definition) is 1. The van der Waals surface area contributed by atoms with Crippen LogP contribution >= 0.6 is 22.9 Å². The molecule has 1 heterocycles. The lowest BCUT2D eigenvalue weighted by molar-refractivity contribution is 0.509. The maximum Gasteiger partial charge on any atom is 0.308 e. The molecule has 0 bridgehead atoms. The maximum absolute atomic E-state index is 13.4. The van der Waals surface area contributed by atoms with E-state index in [1.165, 1.54) is 22.8 Å². The number of hydrogen-bond acceptors (Lipinski definition) is 4. The number of anilines is 1. The maximum atomic E-state index is 13.4. The van der Waals surface area contributed by atoms with Crippen molar-refractivity contribution in [3.63, 3.8) is 0 Å². The molecule has 5 nitrogen and oxygen atoms in total. The van der Waals surface area contributed by atoms with Gasteiger partial charge in [0.2, 0.25) is 0 Å². The van der Waals surface area contributed by atoms with Crippen LogP contribution in [0.1, 0.15) is 5.56 Å². The average Bonchev–Trinajstić information content (AvgIpc) is 3.01. The minimum atomic E-state index is -4.07. The summed E-state index contributed by atoms with van der Waals surface area (Å²) in [6.45, 7) is 0.248. The van der Waals surface area contributed by atoms with E-state index in [1.807, 2.05) is 12.1 Å². The van der Waals surface area contributed by atoms with Gasteiger partial charge in [-0.15, -0.1) is 0 Å². The van der Waals surface area contributed by atoms with E-state index in [9.17, 15) is 22.0 Å². The Morgan fingerprint density at radius 3 is 2.50 bits per heavy atom. The number of thiazole rings is 1. The van der Waals surface area contributed by atoms with E-state index in [0.717, 1.165) is 35.1 Å². The van der Waals surface area contributed by atoms with Gasteiger partial charge in [0.25, 0.3) is 10.0 Å². The van der Waals surface area contributed by atoms with Crippen LogP contribution < -0.4 is 9.60 Å². The molecule has 0 spiro atoms. The number of aromatic nitrogens is 1. The summed E-state index contributed by atoms with van der Waals surface area (Å²) in [6.07, 6.45) is 0. The highest BCUT2D eigenvalue weighted by Gasteiger charge is 2.18. The quantitative estimate of drug-likeness (QED) is 0.457. The third-order valence-electron chi connectivity index (χ3n) is 4.41. The molecule has 0 amide bonds. The topological polar surface area (TPSA) is 68.2 Å². The fraction of sp³-hybridized carbons (Fsp3) is 0.0500. The van der Waals surface area contributed by atoms with Crippen molar-refractivity contribution >= 4 is 48.9 Å². The number of sulfonamides is 1. The zero-order chi connectivity index (χ0) is 21.5. The first-order chi connectivity index (χ1) is 14.2. The lowest BCUT2D eigenvalue weighted by atomic mass is 10.2. The van der Waals surface area contributed by atoms with Gasteiger partial charge in [0.05, 0.1) is 27.3 Å². The Morgan fingerprint density at radius 1 is 1.00 bits per heavy atom. The average molecular weight is 467 g/mol. The molecule has 0 saturated carbocycles. The molecule has 0 fully saturated rings. The van der Waals surface area contributed by atoms with Gasteiger partial charge in [-0.3, -0.25) is 14.1 Å². The van der Waals surface area contributed by atoms with E-state index < -0.39 is 21.7 Å². The predicted octanol–water partition coefficient (Wildman–Crippen LogP) is 4.84. The Labute approximate surface area is 179 Å². The molecule has 0 atom stereocenters. The zero-order valence-electron chi connectivity index (χ0n) is 15.1. The normalized spacial score (nSPS) is 11.7. The van der Waals surface area contributed by atoms with Crippen LogP contribution in [0.25, 0.3) is 10.2 Å². The highest BCUT2D eigenvalue weighted by molar-refractivity contribution is 7.92. The van der Waals surface area contributed by atoms with E-state index in [4.69, 9.17) is 11.6 Å². The Kier molecular flexibility index (Phi) is 5.35. The van der Waals surface area contributed by atoms with Crippen molar-refractivity contribution in [3.05, 3.63) is 92.6 Å². The molecule has 0 unspecified atom stereocenters. The summed E-state index contributed by atoms with van der Waals surface area (Å²) >= 11 is 7.09. The van der Waals surface area contributed by atoms with Gasteiger partial charge in [0.15, 0.2) is 11.6 Å². The molecular weight excluding hydrogens is 454 g/mol. The number of nitrogens with zero attached hydrogens (tertiary/aromatic N) is 1. The fourth-order valence-electron chi connectivity index (χ4n) is 2.93. The Balaban J connectivity index is 1.69. The van der Waals surface area contributed by atoms with Gasteiger partial charge in [0.1, 0.15) is 0 Å². The molecular formula is C20H13ClF2N2O3S2. The second kappa shape index (κ2) is 7.82. The van der Waals surface area contributed by atoms with Crippen molar-refractivity contribution in [1.82, 2.24) is 4.57 Å². The van der Waals surface area contributed by atoms with Crippen LogP contribution in [0.4, 0.5) is 14.5 Å². The largest absolute Gasteiger partial charge is 0.308 e. The number of nitrogens with one attached hydrogen (secondary N) is 1. The monoisotopic (exact) mass is 466 g/mol. The molecule has 0 aliphatic rings. The van der Waals surface area contributed by atoms with E-state index in [0.29, 0.717) is 15.2 Å². The van der Waals surface area contributed by atoms with Crippen molar-refractivity contribution in [2.24, 2.45) is 0 Å². The molecule has 0 aliphatic heterocycles. The lowest BCUT2D eigenvalue weighted by Crippen LogP contribution is -2.14. The molecule has 10 heteroatoms. The van der Waals surface area contributed by atoms with Gasteiger partial charge in [-0.25, -0.2) is 17.2 Å². The predicted molar refractivity (Wildman–Crippen MR) is 114 cm³/mol. The molecule has 0 saturated heterocycles. The van der Waals surface area contributed by atoms with Crippen molar-refractivity contribution in [1.29, 1.82) is 0 Å². The Morgan fingerprint density at radius 2 is 1.77 bits per heavy atom. The molecule has 154 valence electrons. The standard InChI is InChI=1S/C20H13ClF2N2O3S2/c21-15-4-2-1-3-12(15)11-25-18-8-6-14(10-19(18)29-20(25)26)30(27,28)24-13-5-7-16(22)17(23)9-13/h1-10,24H,11H2. The first kappa shape index (κ1) is 20.5. The first-order valence-electron chi connectivity index (χ1n) is 8.59. The van der Waals surface area contributed by atoms with Gasteiger partial charge in [0, 0.05) is 11.1 Å². The summed E-state index contributed by atoms with van der Waals surface area (Å²) in [5, 5.41) is 0.527. The lowest BCUT2D eigenvalue weighted by Gasteiger charge is -2.09. The van der Waals surface area contributed by atoms with Crippen LogP contribution in [0.2, 0.25) is 5.02 Å². The van der Waals surface area contributed by atoms with Gasteiger partial charge < -0.3 is 0 Å². The summed E-state index contributed by atoms with van der Waals surface area (Å²) in [7, 11) is -4.07. The third kappa shape index (κ3) is 3.96. The first-order valence-corrected chi connectivity index (χ1v) is 11.3. The Hall–Kier alpha value is -2.75. The number of halogens is 3. The molecule has 4 aromatic rings. The molecule has 3 aromatic carbocycles. The minimum Gasteiger partial charge on any atom is -0.294 e. The summed E-state index contributed by atoms with van der Waals surface area (Å²) in [5.74, 6) is -2.25. The molecule has 1 N–H and O–H groups in total. The number of fused-ring (bicyclic) bond motifs is 1. The van der Waals surface area contributed by atoms with Crippen LogP contribution in [0.15, 0.2) is 70.4 Å². The summed E-state index contributed by atoms with van der Waals surface area (Å²) in [4.78, 5) is 12.1. The van der Waals surface area contributed by atoms with Crippen LogP contribution in [0, 0.1) is 11.6 Å². The highest BCUT2D eigenvalue weighted by Crippen LogP contribution is 2.25. The van der Waals surface area contributed by atoms with E-state index >= 15 is 0 Å². The molecule has 30 heavy (non-hydrogen) atoms. The molecule has 1 aromatic heterocycles. The van der Waals surface area contributed by atoms with Crippen molar-refractivity contribution in [3.8, 4) is 0 Å². The van der Waals surface area contributed by atoms with Crippen LogP contribution in [-0.4, -0.2) is 13.0 Å². The number of rotatable bonds is 5. The van der Waals surface area contributed by atoms with Gasteiger partial charge in [-0.2, -0.15) is 0 Å². The fourth-order valence-corrected chi connectivity index (χ4v) is 5.21. The highest BCUT2D eigenvalue weighted by atomic mass is 35.5. The second-order valence-electron chi connectivity index (χ2n) is 6.41. The zero-order valence-corrected chi connectivity index (χ0v) is 17.5. The van der Waals surface area contributed by atoms with Crippen LogP contribution in [-0.2, 0) is 16.6 Å². The van der Waals surface area contributed by atoms with Gasteiger partial charge in [-0.1, -0.05) is 41.1 Å². The van der Waals surface area contributed by atoms with E-state index in [-0.39, 0.29) is 22.0 Å².